The third-order valence-corrected chi connectivity index (χ3v) is 4.46. The normalized spacial score (nSPS) is 22.2. The number of hydrogen-bond acceptors (Lipinski definition) is 3. The molecule has 3 nitrogen and oxygen atoms in total. The summed E-state index contributed by atoms with van der Waals surface area (Å²) in [6.07, 6.45) is 2.53. The fourth-order valence-electron chi connectivity index (χ4n) is 3.50. The second-order valence-corrected chi connectivity index (χ2v) is 6.46. The lowest BCUT2D eigenvalue weighted by atomic mass is 9.93. The second kappa shape index (κ2) is 8.52. The van der Waals surface area contributed by atoms with Crippen molar-refractivity contribution in [3.63, 3.8) is 0 Å². The summed E-state index contributed by atoms with van der Waals surface area (Å²) in [6, 6.07) is 11.2. The predicted molar refractivity (Wildman–Crippen MR) is 88.4 cm³/mol. The van der Waals surface area contributed by atoms with E-state index < -0.39 is 0 Å². The van der Waals surface area contributed by atoms with Crippen LogP contribution in [0.5, 0.6) is 0 Å². The number of rotatable bonds is 7. The standard InChI is InChI=1S/C18H30N2O/c1-15(18(19-2)17-9-5-4-6-10-17)12-20(3)13-16-8-7-11-21-14-16/h4-6,9-10,15-16,18-19H,7-8,11-14H2,1-3H3. The van der Waals surface area contributed by atoms with E-state index in [1.807, 2.05) is 0 Å². The summed E-state index contributed by atoms with van der Waals surface area (Å²) >= 11 is 0. The highest BCUT2D eigenvalue weighted by Crippen LogP contribution is 2.23. The second-order valence-electron chi connectivity index (χ2n) is 6.46. The maximum Gasteiger partial charge on any atom is 0.0506 e. The first kappa shape index (κ1) is 16.5. The fourth-order valence-corrected chi connectivity index (χ4v) is 3.50. The number of benzene rings is 1. The van der Waals surface area contributed by atoms with E-state index in [9.17, 15) is 0 Å². The van der Waals surface area contributed by atoms with Crippen LogP contribution in [0.1, 0.15) is 31.4 Å². The largest absolute Gasteiger partial charge is 0.381 e. The zero-order chi connectivity index (χ0) is 15.1. The van der Waals surface area contributed by atoms with Gasteiger partial charge in [-0.1, -0.05) is 37.3 Å². The minimum absolute atomic E-state index is 0.413. The molecule has 0 saturated carbocycles. The highest BCUT2D eigenvalue weighted by molar-refractivity contribution is 5.19. The molecule has 1 aliphatic rings. The highest BCUT2D eigenvalue weighted by Gasteiger charge is 2.21. The van der Waals surface area contributed by atoms with Crippen LogP contribution in [0.25, 0.3) is 0 Å². The predicted octanol–water partition coefficient (Wildman–Crippen LogP) is 2.94. The Kier molecular flexibility index (Phi) is 6.68. The van der Waals surface area contributed by atoms with Crippen molar-refractivity contribution in [3.8, 4) is 0 Å². The van der Waals surface area contributed by atoms with E-state index in [1.54, 1.807) is 0 Å². The van der Waals surface area contributed by atoms with Gasteiger partial charge in [0, 0.05) is 25.7 Å². The van der Waals surface area contributed by atoms with E-state index in [1.165, 1.54) is 18.4 Å². The van der Waals surface area contributed by atoms with Gasteiger partial charge in [-0.3, -0.25) is 0 Å². The molecule has 21 heavy (non-hydrogen) atoms. The van der Waals surface area contributed by atoms with Crippen LogP contribution in [-0.4, -0.2) is 45.3 Å². The zero-order valence-corrected chi connectivity index (χ0v) is 13.7. The van der Waals surface area contributed by atoms with Crippen molar-refractivity contribution in [3.05, 3.63) is 35.9 Å². The van der Waals surface area contributed by atoms with Gasteiger partial charge in [-0.05, 0) is 44.3 Å². The van der Waals surface area contributed by atoms with Gasteiger partial charge in [0.2, 0.25) is 0 Å². The third kappa shape index (κ3) is 5.10. The van der Waals surface area contributed by atoms with Crippen LogP contribution in [0.15, 0.2) is 30.3 Å². The third-order valence-electron chi connectivity index (χ3n) is 4.46. The van der Waals surface area contributed by atoms with E-state index in [-0.39, 0.29) is 0 Å². The van der Waals surface area contributed by atoms with Gasteiger partial charge in [0.15, 0.2) is 0 Å². The monoisotopic (exact) mass is 290 g/mol. The van der Waals surface area contributed by atoms with Crippen molar-refractivity contribution >= 4 is 0 Å². The Morgan fingerprint density at radius 1 is 1.33 bits per heavy atom. The molecule has 2 rings (SSSR count). The molecule has 1 aliphatic heterocycles. The van der Waals surface area contributed by atoms with Crippen molar-refractivity contribution in [2.45, 2.75) is 25.8 Å². The summed E-state index contributed by atoms with van der Waals surface area (Å²) in [5, 5.41) is 3.48. The molecule has 118 valence electrons. The summed E-state index contributed by atoms with van der Waals surface area (Å²) < 4.78 is 5.59. The molecule has 0 aromatic heterocycles. The first-order valence-corrected chi connectivity index (χ1v) is 8.19. The number of nitrogens with zero attached hydrogens (tertiary/aromatic N) is 1. The molecule has 3 heteroatoms. The quantitative estimate of drug-likeness (QED) is 0.835. The molecule has 1 aromatic carbocycles. The maximum absolute atomic E-state index is 5.59. The Balaban J connectivity index is 1.85. The van der Waals surface area contributed by atoms with Crippen LogP contribution in [0.3, 0.4) is 0 Å². The molecule has 1 aromatic rings. The minimum Gasteiger partial charge on any atom is -0.381 e. The maximum atomic E-state index is 5.59. The minimum atomic E-state index is 0.413. The summed E-state index contributed by atoms with van der Waals surface area (Å²) in [7, 11) is 4.30. The molecule has 3 unspecified atom stereocenters. The molecular formula is C18H30N2O. The Labute approximate surface area is 129 Å². The fraction of sp³-hybridized carbons (Fsp3) is 0.667. The van der Waals surface area contributed by atoms with Crippen LogP contribution in [-0.2, 0) is 4.74 Å². The van der Waals surface area contributed by atoms with Crippen molar-refractivity contribution in [2.24, 2.45) is 11.8 Å². The zero-order valence-electron chi connectivity index (χ0n) is 13.7. The molecule has 3 atom stereocenters. The van der Waals surface area contributed by atoms with Gasteiger partial charge >= 0.3 is 0 Å². The first-order chi connectivity index (χ1) is 10.2. The molecular weight excluding hydrogens is 260 g/mol. The van der Waals surface area contributed by atoms with E-state index in [0.29, 0.717) is 17.9 Å². The lowest BCUT2D eigenvalue weighted by Crippen LogP contribution is -2.37. The van der Waals surface area contributed by atoms with Crippen LogP contribution in [0.2, 0.25) is 0 Å². The van der Waals surface area contributed by atoms with Crippen LogP contribution in [0, 0.1) is 11.8 Å². The smallest absolute Gasteiger partial charge is 0.0506 e. The van der Waals surface area contributed by atoms with Gasteiger partial charge in [-0.25, -0.2) is 0 Å². The highest BCUT2D eigenvalue weighted by atomic mass is 16.5. The van der Waals surface area contributed by atoms with Gasteiger partial charge in [-0.15, -0.1) is 0 Å². The molecule has 0 radical (unpaired) electrons. The Morgan fingerprint density at radius 2 is 2.10 bits per heavy atom. The molecule has 1 fully saturated rings. The van der Waals surface area contributed by atoms with Crippen molar-refractivity contribution in [1.82, 2.24) is 10.2 Å². The van der Waals surface area contributed by atoms with E-state index in [2.05, 4.69) is 61.6 Å². The summed E-state index contributed by atoms with van der Waals surface area (Å²) in [6.45, 7) is 6.48. The SMILES string of the molecule is CNC(c1ccccc1)C(C)CN(C)CC1CCCOC1. The van der Waals surface area contributed by atoms with Gasteiger partial charge < -0.3 is 15.0 Å². The lowest BCUT2D eigenvalue weighted by Gasteiger charge is -2.31. The number of hydrogen-bond donors (Lipinski definition) is 1. The Morgan fingerprint density at radius 3 is 2.71 bits per heavy atom. The summed E-state index contributed by atoms with van der Waals surface area (Å²) in [4.78, 5) is 2.47. The summed E-state index contributed by atoms with van der Waals surface area (Å²) in [5.41, 5.74) is 1.38. The lowest BCUT2D eigenvalue weighted by molar-refractivity contribution is 0.0398. The van der Waals surface area contributed by atoms with Crippen LogP contribution in [0.4, 0.5) is 0 Å². The molecule has 0 bridgehead atoms. The van der Waals surface area contributed by atoms with E-state index in [0.717, 1.165) is 26.3 Å². The average molecular weight is 290 g/mol. The van der Waals surface area contributed by atoms with Gasteiger partial charge in [0.1, 0.15) is 0 Å². The van der Waals surface area contributed by atoms with Gasteiger partial charge in [0.05, 0.1) is 6.61 Å². The van der Waals surface area contributed by atoms with Crippen molar-refractivity contribution in [2.75, 3.05) is 40.4 Å². The first-order valence-electron chi connectivity index (χ1n) is 8.19. The molecule has 1 heterocycles. The molecule has 0 spiro atoms. The van der Waals surface area contributed by atoms with Crippen LogP contribution < -0.4 is 5.32 Å². The molecule has 0 amide bonds. The molecule has 1 N–H and O–H groups in total. The Hall–Kier alpha value is -0.900. The topological polar surface area (TPSA) is 24.5 Å². The van der Waals surface area contributed by atoms with Crippen molar-refractivity contribution in [1.29, 1.82) is 0 Å². The average Bonchev–Trinajstić information content (AvgIpc) is 2.50. The summed E-state index contributed by atoms with van der Waals surface area (Å²) in [5.74, 6) is 1.28. The van der Waals surface area contributed by atoms with Gasteiger partial charge in [0.25, 0.3) is 0 Å². The van der Waals surface area contributed by atoms with Crippen LogP contribution >= 0.6 is 0 Å². The number of ether oxygens (including phenoxy) is 1. The van der Waals surface area contributed by atoms with Crippen molar-refractivity contribution < 1.29 is 4.74 Å². The number of nitrogens with one attached hydrogen (secondary N) is 1. The molecule has 1 saturated heterocycles. The van der Waals surface area contributed by atoms with E-state index >= 15 is 0 Å². The Bertz CT molecular complexity index is 389. The molecule has 0 aliphatic carbocycles. The van der Waals surface area contributed by atoms with E-state index in [4.69, 9.17) is 4.74 Å². The van der Waals surface area contributed by atoms with Gasteiger partial charge in [-0.2, -0.15) is 0 Å².